The van der Waals surface area contributed by atoms with E-state index in [0.29, 0.717) is 17.8 Å². The van der Waals surface area contributed by atoms with Gasteiger partial charge in [-0.3, -0.25) is 14.6 Å². The third kappa shape index (κ3) is 4.79. The van der Waals surface area contributed by atoms with Gasteiger partial charge < -0.3 is 24.8 Å². The number of aliphatic carboxylic acids is 1. The van der Waals surface area contributed by atoms with Crippen molar-refractivity contribution in [2.45, 2.75) is 57.8 Å². The largest absolute Gasteiger partial charge is 0.477 e. The van der Waals surface area contributed by atoms with Crippen molar-refractivity contribution in [2.75, 3.05) is 18.1 Å². The number of ether oxygens (including phenoxy) is 1. The van der Waals surface area contributed by atoms with Gasteiger partial charge in [-0.05, 0) is 39.7 Å². The van der Waals surface area contributed by atoms with Crippen LogP contribution in [0.2, 0.25) is 0 Å². The molecular formula is C21H27N5O8S. The van der Waals surface area contributed by atoms with E-state index in [9.17, 15) is 29.4 Å². The van der Waals surface area contributed by atoms with Crippen molar-refractivity contribution in [3.8, 4) is 0 Å². The SMILES string of the molecule is Cc1noc([C@H](CSCC2=C(C(=O)O)N3C(=O)[C@@H]4[C@H]3[C@H](C2)CN4C(=O)O)NC(=O)OC(C)(C)C)n1. The zero-order chi connectivity index (χ0) is 25.7. The van der Waals surface area contributed by atoms with Gasteiger partial charge in [0.05, 0.1) is 6.04 Å². The number of aromatic nitrogens is 2. The number of nitrogens with one attached hydrogen (secondary N) is 1. The third-order valence-electron chi connectivity index (χ3n) is 5.99. The molecule has 3 amide bonds. The minimum atomic E-state index is -1.23. The number of thioether (sulfide) groups is 1. The number of carboxylic acid groups (broad SMARTS) is 2. The second-order valence-electron chi connectivity index (χ2n) is 9.69. The molecule has 3 aliphatic heterocycles. The van der Waals surface area contributed by atoms with Gasteiger partial charge in [0.25, 0.3) is 5.91 Å². The molecule has 0 aliphatic carbocycles. The summed E-state index contributed by atoms with van der Waals surface area (Å²) in [6.45, 7) is 7.03. The maximum absolute atomic E-state index is 12.7. The molecule has 0 bridgehead atoms. The fourth-order valence-electron chi connectivity index (χ4n) is 4.74. The van der Waals surface area contributed by atoms with Crippen LogP contribution in [0.3, 0.4) is 0 Å². The van der Waals surface area contributed by atoms with Crippen molar-refractivity contribution < 1.29 is 38.7 Å². The Labute approximate surface area is 204 Å². The van der Waals surface area contributed by atoms with E-state index < -0.39 is 47.8 Å². The number of amides is 3. The van der Waals surface area contributed by atoms with Gasteiger partial charge in [-0.25, -0.2) is 14.4 Å². The number of carboxylic acids is 1. The number of hydrogen-bond donors (Lipinski definition) is 3. The van der Waals surface area contributed by atoms with Crippen molar-refractivity contribution in [3.63, 3.8) is 0 Å². The first-order chi connectivity index (χ1) is 16.4. The van der Waals surface area contributed by atoms with Crippen LogP contribution in [0.25, 0.3) is 0 Å². The first-order valence-corrected chi connectivity index (χ1v) is 12.2. The molecule has 0 spiro atoms. The molecule has 0 aromatic carbocycles. The molecule has 35 heavy (non-hydrogen) atoms. The molecule has 3 aliphatic rings. The van der Waals surface area contributed by atoms with E-state index in [1.54, 1.807) is 27.7 Å². The van der Waals surface area contributed by atoms with Crippen LogP contribution in [0.15, 0.2) is 15.8 Å². The number of hydrogen-bond acceptors (Lipinski definition) is 9. The molecule has 4 rings (SSSR count). The number of β-lactam (4-membered cyclic amide) rings is 1. The van der Waals surface area contributed by atoms with Crippen molar-refractivity contribution in [3.05, 3.63) is 23.0 Å². The summed E-state index contributed by atoms with van der Waals surface area (Å²) >= 11 is 1.33. The van der Waals surface area contributed by atoms with Crippen LogP contribution in [0.4, 0.5) is 9.59 Å². The second-order valence-corrected chi connectivity index (χ2v) is 10.7. The van der Waals surface area contributed by atoms with Gasteiger partial charge in [0.1, 0.15) is 23.4 Å². The van der Waals surface area contributed by atoms with Crippen LogP contribution in [-0.2, 0) is 14.3 Å². The summed E-state index contributed by atoms with van der Waals surface area (Å²) in [6.07, 6.45) is -1.48. The first kappa shape index (κ1) is 24.8. The Hall–Kier alpha value is -3.29. The monoisotopic (exact) mass is 509 g/mol. The fourth-order valence-corrected chi connectivity index (χ4v) is 5.82. The van der Waals surface area contributed by atoms with Crippen LogP contribution in [0, 0.1) is 12.8 Å². The van der Waals surface area contributed by atoms with E-state index in [1.807, 2.05) is 0 Å². The lowest BCUT2D eigenvalue weighted by molar-refractivity contribution is -0.156. The minimum Gasteiger partial charge on any atom is -0.477 e. The summed E-state index contributed by atoms with van der Waals surface area (Å²) in [7, 11) is 0. The minimum absolute atomic E-state index is 0.0856. The molecule has 4 heterocycles. The van der Waals surface area contributed by atoms with Gasteiger partial charge in [0.15, 0.2) is 5.82 Å². The van der Waals surface area contributed by atoms with Gasteiger partial charge in [-0.15, -0.1) is 0 Å². The van der Waals surface area contributed by atoms with Gasteiger partial charge in [-0.2, -0.15) is 16.7 Å². The number of carbonyl (C=O) groups excluding carboxylic acids is 2. The van der Waals surface area contributed by atoms with E-state index in [2.05, 4.69) is 15.5 Å². The molecule has 13 nitrogen and oxygen atoms in total. The van der Waals surface area contributed by atoms with E-state index >= 15 is 0 Å². The predicted molar refractivity (Wildman–Crippen MR) is 120 cm³/mol. The number of carbonyl (C=O) groups is 4. The molecule has 2 fully saturated rings. The maximum atomic E-state index is 12.7. The molecule has 190 valence electrons. The lowest BCUT2D eigenvalue weighted by atomic mass is 9.79. The van der Waals surface area contributed by atoms with Crippen LogP contribution in [-0.4, -0.2) is 90.0 Å². The first-order valence-electron chi connectivity index (χ1n) is 11.0. The van der Waals surface area contributed by atoms with Crippen molar-refractivity contribution in [1.29, 1.82) is 0 Å². The van der Waals surface area contributed by atoms with E-state index in [0.717, 1.165) is 4.90 Å². The molecule has 0 unspecified atom stereocenters. The summed E-state index contributed by atoms with van der Waals surface area (Å²) in [4.78, 5) is 55.1. The number of likely N-dealkylation sites (tertiary alicyclic amines) is 1. The van der Waals surface area contributed by atoms with Crippen LogP contribution in [0.1, 0.15) is 44.9 Å². The van der Waals surface area contributed by atoms with E-state index in [1.165, 1.54) is 16.7 Å². The Morgan fingerprint density at radius 1 is 1.31 bits per heavy atom. The average molecular weight is 510 g/mol. The molecule has 0 saturated carbocycles. The Kier molecular flexibility index (Phi) is 6.42. The number of nitrogens with zero attached hydrogens (tertiary/aromatic N) is 4. The van der Waals surface area contributed by atoms with Gasteiger partial charge in [-0.1, -0.05) is 5.16 Å². The zero-order valence-corrected chi connectivity index (χ0v) is 20.5. The number of rotatable bonds is 7. The highest BCUT2D eigenvalue weighted by Crippen LogP contribution is 2.47. The van der Waals surface area contributed by atoms with Crippen LogP contribution < -0.4 is 5.32 Å². The summed E-state index contributed by atoms with van der Waals surface area (Å²) in [5.41, 5.74) is -0.253. The average Bonchev–Trinajstić information content (AvgIpc) is 3.32. The molecule has 2 saturated heterocycles. The Balaban J connectivity index is 1.48. The smallest absolute Gasteiger partial charge is 0.408 e. The zero-order valence-electron chi connectivity index (χ0n) is 19.7. The Morgan fingerprint density at radius 3 is 2.60 bits per heavy atom. The topological polar surface area (TPSA) is 175 Å². The standard InChI is InChI=1S/C21H27N5O8S/c1-9-22-16(34-24-9)12(23-19(30)33-21(2,3)4)8-35-7-11-5-10-6-25(20(31)32)15-13(10)26(17(15)27)14(11)18(28)29/h10,12-13,15H,5-8H2,1-4H3,(H,23,30)(H,28,29)(H,31,32)/t10-,12+,13-,15+/m1/s1. The second kappa shape index (κ2) is 9.06. The Bertz CT molecular complexity index is 1100. The summed E-state index contributed by atoms with van der Waals surface area (Å²) < 4.78 is 10.5. The van der Waals surface area contributed by atoms with E-state index in [4.69, 9.17) is 9.26 Å². The quantitative estimate of drug-likeness (QED) is 0.455. The van der Waals surface area contributed by atoms with Gasteiger partial charge in [0.2, 0.25) is 5.89 Å². The molecule has 1 aromatic rings. The predicted octanol–water partition coefficient (Wildman–Crippen LogP) is 1.61. The molecule has 3 N–H and O–H groups in total. The van der Waals surface area contributed by atoms with Crippen molar-refractivity contribution in [2.24, 2.45) is 5.92 Å². The highest BCUT2D eigenvalue weighted by molar-refractivity contribution is 7.99. The number of aryl methyl sites for hydroxylation is 1. The van der Waals surface area contributed by atoms with Gasteiger partial charge in [0, 0.05) is 24.0 Å². The fraction of sp³-hybridized carbons (Fsp3) is 0.619. The van der Waals surface area contributed by atoms with Crippen LogP contribution in [0.5, 0.6) is 0 Å². The molecular weight excluding hydrogens is 482 g/mol. The lowest BCUT2D eigenvalue weighted by Crippen LogP contribution is -2.69. The summed E-state index contributed by atoms with van der Waals surface area (Å²) in [6, 6.07) is -1.95. The highest BCUT2D eigenvalue weighted by atomic mass is 32.2. The molecule has 0 radical (unpaired) electrons. The highest BCUT2D eigenvalue weighted by Gasteiger charge is 2.64. The van der Waals surface area contributed by atoms with Crippen LogP contribution >= 0.6 is 11.8 Å². The Morgan fingerprint density at radius 2 is 2.03 bits per heavy atom. The molecule has 1 aromatic heterocycles. The van der Waals surface area contributed by atoms with Gasteiger partial charge >= 0.3 is 18.2 Å². The normalized spacial score (nSPS) is 24.1. The molecule has 4 atom stereocenters. The summed E-state index contributed by atoms with van der Waals surface area (Å²) in [5.74, 6) is -0.798. The lowest BCUT2D eigenvalue weighted by Gasteiger charge is -2.49. The summed E-state index contributed by atoms with van der Waals surface area (Å²) in [5, 5.41) is 25.7. The number of alkyl carbamates (subject to hydrolysis) is 1. The molecule has 14 heteroatoms. The van der Waals surface area contributed by atoms with Crippen molar-refractivity contribution >= 4 is 35.8 Å². The van der Waals surface area contributed by atoms with E-state index in [-0.39, 0.29) is 35.6 Å². The van der Waals surface area contributed by atoms with Crippen molar-refractivity contribution in [1.82, 2.24) is 25.3 Å². The third-order valence-corrected chi connectivity index (χ3v) is 7.11. The maximum Gasteiger partial charge on any atom is 0.408 e.